The zero-order chi connectivity index (χ0) is 15.4. The number of ether oxygens (including phenoxy) is 1. The summed E-state index contributed by atoms with van der Waals surface area (Å²) < 4.78 is 6.65. The van der Waals surface area contributed by atoms with Crippen LogP contribution in [0, 0.1) is 17.4 Å². The van der Waals surface area contributed by atoms with Gasteiger partial charge in [0.25, 0.3) is 0 Å². The summed E-state index contributed by atoms with van der Waals surface area (Å²) >= 11 is 2.30. The van der Waals surface area contributed by atoms with Gasteiger partial charge in [-0.2, -0.15) is 0 Å². The molecule has 0 saturated heterocycles. The molecular formula is C16H20IN3O. The molecule has 1 atom stereocenters. The Bertz CT molecular complexity index is 631. The first kappa shape index (κ1) is 16.2. The average Bonchev–Trinajstić information content (AvgIpc) is 2.47. The molecule has 0 saturated carbocycles. The molecular weight excluding hydrogens is 377 g/mol. The molecule has 0 aliphatic carbocycles. The Hall–Kier alpha value is -1.18. The molecule has 3 N–H and O–H groups in total. The highest BCUT2D eigenvalue weighted by molar-refractivity contribution is 14.1. The molecule has 2 rings (SSSR count). The van der Waals surface area contributed by atoms with Gasteiger partial charge < -0.3 is 4.74 Å². The lowest BCUT2D eigenvalue weighted by Crippen LogP contribution is -2.30. The van der Waals surface area contributed by atoms with Crippen LogP contribution >= 0.6 is 22.6 Å². The molecule has 0 amide bonds. The van der Waals surface area contributed by atoms with E-state index in [0.717, 1.165) is 34.6 Å². The van der Waals surface area contributed by atoms with Crippen molar-refractivity contribution >= 4 is 22.6 Å². The third-order valence-corrected chi connectivity index (χ3v) is 4.27. The summed E-state index contributed by atoms with van der Waals surface area (Å²) in [6.45, 7) is 4.04. The van der Waals surface area contributed by atoms with E-state index >= 15 is 0 Å². The fourth-order valence-electron chi connectivity index (χ4n) is 2.47. The molecule has 5 heteroatoms. The van der Waals surface area contributed by atoms with Crippen LogP contribution in [0.4, 0.5) is 0 Å². The van der Waals surface area contributed by atoms with Crippen molar-refractivity contribution in [1.29, 1.82) is 0 Å². The van der Waals surface area contributed by atoms with Crippen LogP contribution in [-0.2, 0) is 6.42 Å². The molecule has 0 fully saturated rings. The number of methoxy groups -OCH3 is 1. The number of aromatic nitrogens is 1. The molecule has 0 aliphatic rings. The highest BCUT2D eigenvalue weighted by atomic mass is 127. The monoisotopic (exact) mass is 397 g/mol. The number of hydrogen-bond acceptors (Lipinski definition) is 4. The van der Waals surface area contributed by atoms with Gasteiger partial charge in [0.05, 0.1) is 13.2 Å². The summed E-state index contributed by atoms with van der Waals surface area (Å²) in [5.74, 6) is 6.64. The normalized spacial score (nSPS) is 12.2. The van der Waals surface area contributed by atoms with Gasteiger partial charge in [0, 0.05) is 33.0 Å². The smallest absolute Gasteiger partial charge is 0.128 e. The number of benzene rings is 1. The molecule has 1 unspecified atom stereocenters. The minimum absolute atomic E-state index is 0.0262. The highest BCUT2D eigenvalue weighted by Crippen LogP contribution is 2.27. The van der Waals surface area contributed by atoms with Crippen LogP contribution < -0.4 is 16.0 Å². The Morgan fingerprint density at radius 1 is 1.38 bits per heavy atom. The number of nitrogens with one attached hydrogen (secondary N) is 1. The van der Waals surface area contributed by atoms with Gasteiger partial charge in [-0.3, -0.25) is 16.3 Å². The van der Waals surface area contributed by atoms with Gasteiger partial charge in [0.1, 0.15) is 5.75 Å². The molecule has 112 valence electrons. The molecule has 1 aromatic heterocycles. The minimum atomic E-state index is 0.0262. The lowest BCUT2D eigenvalue weighted by atomic mass is 9.99. The fraction of sp³-hybridized carbons (Fsp3) is 0.312. The standard InChI is InChI=1S/C16H20IN3O/c1-10-9-19-14(11(2)16(10)21-3)8-15(20-18)12-5-4-6-13(17)7-12/h4-7,9,15,20H,8,18H2,1-3H3. The van der Waals surface area contributed by atoms with E-state index < -0.39 is 0 Å². The van der Waals surface area contributed by atoms with Crippen molar-refractivity contribution in [2.24, 2.45) is 5.84 Å². The number of nitrogens with two attached hydrogens (primary N) is 1. The predicted molar refractivity (Wildman–Crippen MR) is 93.2 cm³/mol. The molecule has 0 radical (unpaired) electrons. The predicted octanol–water partition coefficient (Wildman–Crippen LogP) is 3.06. The van der Waals surface area contributed by atoms with Gasteiger partial charge >= 0.3 is 0 Å². The van der Waals surface area contributed by atoms with Crippen molar-refractivity contribution in [1.82, 2.24) is 10.4 Å². The van der Waals surface area contributed by atoms with Gasteiger partial charge in [0.2, 0.25) is 0 Å². The summed E-state index contributed by atoms with van der Waals surface area (Å²) in [4.78, 5) is 4.54. The van der Waals surface area contributed by atoms with Crippen LogP contribution in [0.25, 0.3) is 0 Å². The van der Waals surface area contributed by atoms with Crippen LogP contribution in [-0.4, -0.2) is 12.1 Å². The van der Waals surface area contributed by atoms with E-state index in [1.165, 1.54) is 3.57 Å². The van der Waals surface area contributed by atoms with Crippen molar-refractivity contribution in [2.45, 2.75) is 26.3 Å². The van der Waals surface area contributed by atoms with E-state index in [1.807, 2.05) is 26.1 Å². The SMILES string of the molecule is COc1c(C)cnc(CC(NN)c2cccc(I)c2)c1C. The number of hydrogen-bond donors (Lipinski definition) is 2. The first-order valence-corrected chi connectivity index (χ1v) is 7.85. The molecule has 2 aromatic rings. The van der Waals surface area contributed by atoms with Crippen molar-refractivity contribution in [3.8, 4) is 5.75 Å². The van der Waals surface area contributed by atoms with E-state index in [1.54, 1.807) is 7.11 Å². The lowest BCUT2D eigenvalue weighted by Gasteiger charge is -2.19. The summed E-state index contributed by atoms with van der Waals surface area (Å²) in [5.41, 5.74) is 7.17. The van der Waals surface area contributed by atoms with Gasteiger partial charge in [-0.1, -0.05) is 12.1 Å². The maximum Gasteiger partial charge on any atom is 0.128 e. The highest BCUT2D eigenvalue weighted by Gasteiger charge is 2.16. The van der Waals surface area contributed by atoms with Crippen molar-refractivity contribution in [3.63, 3.8) is 0 Å². The molecule has 21 heavy (non-hydrogen) atoms. The summed E-state index contributed by atoms with van der Waals surface area (Å²) in [7, 11) is 1.69. The van der Waals surface area contributed by atoms with Crippen LogP contribution in [0.2, 0.25) is 0 Å². The third-order valence-electron chi connectivity index (χ3n) is 3.60. The maximum atomic E-state index is 5.74. The second kappa shape index (κ2) is 7.20. The number of nitrogens with zero attached hydrogens (tertiary/aromatic N) is 1. The number of hydrazine groups is 1. The Morgan fingerprint density at radius 2 is 2.14 bits per heavy atom. The topological polar surface area (TPSA) is 60.2 Å². The number of rotatable bonds is 5. The van der Waals surface area contributed by atoms with Crippen LogP contribution in [0.5, 0.6) is 5.75 Å². The van der Waals surface area contributed by atoms with Crippen molar-refractivity contribution < 1.29 is 4.74 Å². The second-order valence-electron chi connectivity index (χ2n) is 5.02. The minimum Gasteiger partial charge on any atom is -0.496 e. The Morgan fingerprint density at radius 3 is 2.76 bits per heavy atom. The van der Waals surface area contributed by atoms with Crippen molar-refractivity contribution in [2.75, 3.05) is 7.11 Å². The van der Waals surface area contributed by atoms with Gasteiger partial charge in [-0.05, 0) is 54.1 Å². The van der Waals surface area contributed by atoms with Crippen LogP contribution in [0.3, 0.4) is 0 Å². The van der Waals surface area contributed by atoms with Crippen LogP contribution in [0.15, 0.2) is 30.5 Å². The largest absolute Gasteiger partial charge is 0.496 e. The maximum absolute atomic E-state index is 5.74. The summed E-state index contributed by atoms with van der Waals surface area (Å²) in [5, 5.41) is 0. The molecule has 0 spiro atoms. The van der Waals surface area contributed by atoms with Crippen molar-refractivity contribution in [3.05, 3.63) is 56.4 Å². The lowest BCUT2D eigenvalue weighted by molar-refractivity contribution is 0.406. The number of aryl methyl sites for hydroxylation is 1. The molecule has 1 heterocycles. The van der Waals surface area contributed by atoms with E-state index in [2.05, 4.69) is 51.2 Å². The summed E-state index contributed by atoms with van der Waals surface area (Å²) in [6, 6.07) is 8.34. The van der Waals surface area contributed by atoms with Gasteiger partial charge in [0.15, 0.2) is 0 Å². The Balaban J connectivity index is 2.31. The fourth-order valence-corrected chi connectivity index (χ4v) is 3.03. The zero-order valence-corrected chi connectivity index (χ0v) is 14.6. The first-order chi connectivity index (χ1) is 10.1. The molecule has 0 aliphatic heterocycles. The van der Waals surface area contributed by atoms with Crippen LogP contribution in [0.1, 0.15) is 28.4 Å². The van der Waals surface area contributed by atoms with E-state index in [0.29, 0.717) is 0 Å². The van der Waals surface area contributed by atoms with E-state index in [-0.39, 0.29) is 6.04 Å². The second-order valence-corrected chi connectivity index (χ2v) is 6.27. The average molecular weight is 397 g/mol. The van der Waals surface area contributed by atoms with Gasteiger partial charge in [-0.15, -0.1) is 0 Å². The molecule has 1 aromatic carbocycles. The Kier molecular flexibility index (Phi) is 5.55. The quantitative estimate of drug-likeness (QED) is 0.463. The number of halogens is 1. The molecule has 4 nitrogen and oxygen atoms in total. The number of pyridine rings is 1. The van der Waals surface area contributed by atoms with E-state index in [9.17, 15) is 0 Å². The van der Waals surface area contributed by atoms with E-state index in [4.69, 9.17) is 10.6 Å². The summed E-state index contributed by atoms with van der Waals surface area (Å²) in [6.07, 6.45) is 2.57. The first-order valence-electron chi connectivity index (χ1n) is 6.77. The van der Waals surface area contributed by atoms with Gasteiger partial charge in [-0.25, -0.2) is 0 Å². The molecule has 0 bridgehead atoms. The third kappa shape index (κ3) is 3.72. The Labute approximate surface area is 139 Å². The zero-order valence-electron chi connectivity index (χ0n) is 12.5.